The Bertz CT molecular complexity index is 328. The highest BCUT2D eigenvalue weighted by atomic mass is 35.5. The zero-order valence-electron chi connectivity index (χ0n) is 8.33. The van der Waals surface area contributed by atoms with Crippen LogP contribution >= 0.6 is 11.6 Å². The predicted molar refractivity (Wildman–Crippen MR) is 56.5 cm³/mol. The maximum atomic E-state index is 11.7. The highest BCUT2D eigenvalue weighted by Crippen LogP contribution is 2.07. The van der Waals surface area contributed by atoms with E-state index in [1.165, 1.54) is 0 Å². The second-order valence-electron chi connectivity index (χ2n) is 3.07. The fourth-order valence-electron chi connectivity index (χ4n) is 1.16. The van der Waals surface area contributed by atoms with Crippen LogP contribution < -0.4 is 0 Å². The number of halogens is 1. The van der Waals surface area contributed by atoms with Gasteiger partial charge in [0.25, 0.3) is 5.91 Å². The molecule has 1 amide bonds. The van der Waals surface area contributed by atoms with E-state index >= 15 is 0 Å². The van der Waals surface area contributed by atoms with Crippen LogP contribution in [0, 0.1) is 0 Å². The summed E-state index contributed by atoms with van der Waals surface area (Å²) in [6.07, 6.45) is 0.933. The summed E-state index contributed by atoms with van der Waals surface area (Å²) < 4.78 is 0. The van der Waals surface area contributed by atoms with Crippen molar-refractivity contribution in [1.29, 1.82) is 0 Å². The van der Waals surface area contributed by atoms with Gasteiger partial charge in [0.15, 0.2) is 0 Å². The van der Waals surface area contributed by atoms with Crippen molar-refractivity contribution in [3.05, 3.63) is 29.0 Å². The van der Waals surface area contributed by atoms with E-state index in [4.69, 9.17) is 11.6 Å². The average Bonchev–Trinajstić information content (AvgIpc) is 2.17. The number of carbonyl (C=O) groups excluding carboxylic acids is 1. The van der Waals surface area contributed by atoms with Gasteiger partial charge in [-0.05, 0) is 18.6 Å². The number of aromatic nitrogens is 1. The number of rotatable bonds is 3. The highest BCUT2D eigenvalue weighted by Gasteiger charge is 2.11. The monoisotopic (exact) mass is 212 g/mol. The molecule has 0 N–H and O–H groups in total. The van der Waals surface area contributed by atoms with Crippen molar-refractivity contribution in [2.24, 2.45) is 0 Å². The molecule has 0 atom stereocenters. The van der Waals surface area contributed by atoms with Crippen molar-refractivity contribution in [2.75, 3.05) is 13.6 Å². The van der Waals surface area contributed by atoms with Gasteiger partial charge in [0, 0.05) is 13.6 Å². The maximum absolute atomic E-state index is 11.7. The smallest absolute Gasteiger partial charge is 0.272 e. The van der Waals surface area contributed by atoms with Gasteiger partial charge in [-0.15, -0.1) is 0 Å². The van der Waals surface area contributed by atoms with Gasteiger partial charge in [-0.3, -0.25) is 4.79 Å². The summed E-state index contributed by atoms with van der Waals surface area (Å²) in [5.74, 6) is -0.0886. The topological polar surface area (TPSA) is 33.2 Å². The number of carbonyl (C=O) groups is 1. The minimum atomic E-state index is -0.0886. The van der Waals surface area contributed by atoms with Crippen LogP contribution in [0.1, 0.15) is 23.8 Å². The van der Waals surface area contributed by atoms with E-state index < -0.39 is 0 Å². The molecule has 0 aromatic carbocycles. The first-order chi connectivity index (χ1) is 6.65. The Kier molecular flexibility index (Phi) is 3.89. The van der Waals surface area contributed by atoms with E-state index in [1.54, 1.807) is 30.1 Å². The Morgan fingerprint density at radius 2 is 2.29 bits per heavy atom. The van der Waals surface area contributed by atoms with Crippen molar-refractivity contribution in [1.82, 2.24) is 9.88 Å². The molecule has 0 radical (unpaired) electrons. The molecule has 0 fully saturated rings. The van der Waals surface area contributed by atoms with Crippen molar-refractivity contribution in [2.45, 2.75) is 13.3 Å². The summed E-state index contributed by atoms with van der Waals surface area (Å²) >= 11 is 5.69. The van der Waals surface area contributed by atoms with Crippen molar-refractivity contribution in [3.63, 3.8) is 0 Å². The molecule has 14 heavy (non-hydrogen) atoms. The third-order valence-corrected chi connectivity index (χ3v) is 2.05. The van der Waals surface area contributed by atoms with Crippen LogP contribution in [0.2, 0.25) is 5.15 Å². The van der Waals surface area contributed by atoms with Crippen LogP contribution in [0.15, 0.2) is 18.2 Å². The number of amides is 1. The number of hydrogen-bond donors (Lipinski definition) is 0. The highest BCUT2D eigenvalue weighted by molar-refractivity contribution is 6.29. The predicted octanol–water partition coefficient (Wildman–Crippen LogP) is 2.22. The fraction of sp³-hybridized carbons (Fsp3) is 0.400. The SMILES string of the molecule is CCCN(C)C(=O)c1cccc(Cl)n1. The Morgan fingerprint density at radius 1 is 1.57 bits per heavy atom. The molecule has 0 unspecified atom stereocenters. The molecular weight excluding hydrogens is 200 g/mol. The lowest BCUT2D eigenvalue weighted by atomic mass is 10.3. The molecule has 1 aromatic rings. The first-order valence-corrected chi connectivity index (χ1v) is 4.91. The number of hydrogen-bond acceptors (Lipinski definition) is 2. The minimum absolute atomic E-state index is 0.0886. The van der Waals surface area contributed by atoms with Crippen LogP contribution in [0.25, 0.3) is 0 Å². The largest absolute Gasteiger partial charge is 0.340 e. The van der Waals surface area contributed by atoms with Gasteiger partial charge in [0.1, 0.15) is 10.8 Å². The lowest BCUT2D eigenvalue weighted by molar-refractivity contribution is 0.0789. The Hall–Kier alpha value is -1.09. The van der Waals surface area contributed by atoms with Gasteiger partial charge in [0.05, 0.1) is 0 Å². The van der Waals surface area contributed by atoms with Gasteiger partial charge >= 0.3 is 0 Å². The summed E-state index contributed by atoms with van der Waals surface area (Å²) in [5, 5.41) is 0.348. The number of nitrogens with zero attached hydrogens (tertiary/aromatic N) is 2. The van der Waals surface area contributed by atoms with Gasteiger partial charge in [-0.25, -0.2) is 4.98 Å². The first-order valence-electron chi connectivity index (χ1n) is 4.53. The lowest BCUT2D eigenvalue weighted by Gasteiger charge is -2.15. The average molecular weight is 213 g/mol. The standard InChI is InChI=1S/C10H13ClN2O/c1-3-7-13(2)10(14)8-5-4-6-9(11)12-8/h4-6H,3,7H2,1-2H3. The zero-order valence-corrected chi connectivity index (χ0v) is 9.08. The molecule has 3 nitrogen and oxygen atoms in total. The molecule has 1 aromatic heterocycles. The second-order valence-corrected chi connectivity index (χ2v) is 3.46. The molecule has 1 heterocycles. The summed E-state index contributed by atoms with van der Waals surface area (Å²) in [4.78, 5) is 17.3. The van der Waals surface area contributed by atoms with Gasteiger partial charge in [-0.1, -0.05) is 24.6 Å². The molecule has 1 rings (SSSR count). The van der Waals surface area contributed by atoms with Crippen LogP contribution in [0.5, 0.6) is 0 Å². The zero-order chi connectivity index (χ0) is 10.6. The van der Waals surface area contributed by atoms with Gasteiger partial charge in [-0.2, -0.15) is 0 Å². The Morgan fingerprint density at radius 3 is 2.86 bits per heavy atom. The molecule has 4 heteroatoms. The van der Waals surface area contributed by atoms with Crippen LogP contribution in [0.4, 0.5) is 0 Å². The van der Waals surface area contributed by atoms with Crippen molar-refractivity contribution >= 4 is 17.5 Å². The van der Waals surface area contributed by atoms with E-state index in [1.807, 2.05) is 6.92 Å². The Balaban J connectivity index is 2.78. The van der Waals surface area contributed by atoms with Crippen molar-refractivity contribution in [3.8, 4) is 0 Å². The minimum Gasteiger partial charge on any atom is -0.340 e. The molecule has 0 saturated heterocycles. The van der Waals surface area contributed by atoms with E-state index in [9.17, 15) is 4.79 Å². The van der Waals surface area contributed by atoms with Gasteiger partial charge in [0.2, 0.25) is 0 Å². The normalized spacial score (nSPS) is 9.93. The molecule has 76 valence electrons. The van der Waals surface area contributed by atoms with Crippen molar-refractivity contribution < 1.29 is 4.79 Å². The van der Waals surface area contributed by atoms with Crippen LogP contribution in [-0.4, -0.2) is 29.4 Å². The van der Waals surface area contributed by atoms with E-state index in [0.29, 0.717) is 10.8 Å². The summed E-state index contributed by atoms with van der Waals surface area (Å²) in [6.45, 7) is 2.75. The van der Waals surface area contributed by atoms with E-state index in [2.05, 4.69) is 4.98 Å². The summed E-state index contributed by atoms with van der Waals surface area (Å²) in [6, 6.07) is 5.04. The molecule has 0 aliphatic carbocycles. The quantitative estimate of drug-likeness (QED) is 0.720. The second kappa shape index (κ2) is 4.96. The summed E-state index contributed by atoms with van der Waals surface area (Å²) in [5.41, 5.74) is 0.397. The third kappa shape index (κ3) is 2.70. The Labute approximate surface area is 88.7 Å². The maximum Gasteiger partial charge on any atom is 0.272 e. The van der Waals surface area contributed by atoms with Gasteiger partial charge < -0.3 is 4.90 Å². The van der Waals surface area contributed by atoms with Crippen LogP contribution in [0.3, 0.4) is 0 Å². The van der Waals surface area contributed by atoms with E-state index in [0.717, 1.165) is 13.0 Å². The third-order valence-electron chi connectivity index (χ3n) is 1.84. The molecular formula is C10H13ClN2O. The lowest BCUT2D eigenvalue weighted by Crippen LogP contribution is -2.28. The number of pyridine rings is 1. The molecule has 0 saturated carbocycles. The molecule has 0 spiro atoms. The molecule has 0 bridgehead atoms. The summed E-state index contributed by atoms with van der Waals surface area (Å²) in [7, 11) is 1.76. The van der Waals surface area contributed by atoms with Crippen LogP contribution in [-0.2, 0) is 0 Å². The first kappa shape index (κ1) is 11.0. The molecule has 0 aliphatic heterocycles. The molecule has 0 aliphatic rings. The fourth-order valence-corrected chi connectivity index (χ4v) is 1.32. The van der Waals surface area contributed by atoms with E-state index in [-0.39, 0.29) is 5.91 Å².